The maximum atomic E-state index is 12.6. The molecule has 0 atom stereocenters. The van der Waals surface area contributed by atoms with E-state index in [1.54, 1.807) is 13.8 Å². The second-order valence-corrected chi connectivity index (χ2v) is 5.25. The van der Waals surface area contributed by atoms with Crippen LogP contribution in [-0.4, -0.2) is 15.2 Å². The Kier molecular flexibility index (Phi) is 3.21. The maximum absolute atomic E-state index is 12.6. The summed E-state index contributed by atoms with van der Waals surface area (Å²) < 4.78 is 11.9. The zero-order chi connectivity index (χ0) is 10.8. The normalized spacial score (nSPS) is 11.1. The number of carbonyl (C=O) groups excluding carboxylic acids is 1. The highest BCUT2D eigenvalue weighted by molar-refractivity contribution is 9.10. The van der Waals surface area contributed by atoms with E-state index in [0.29, 0.717) is 0 Å². The molecule has 1 aromatic rings. The molecule has 76 valence electrons. The lowest BCUT2D eigenvalue weighted by molar-refractivity contribution is -0.117. The summed E-state index contributed by atoms with van der Waals surface area (Å²) >= 11 is 3.19. The number of hydrogen-bond donors (Lipinski definition) is 1. The van der Waals surface area contributed by atoms with Crippen molar-refractivity contribution in [3.8, 4) is 0 Å². The maximum Gasteiger partial charge on any atom is 0.241 e. The Balaban J connectivity index is 2.75. The molecule has 14 heavy (non-hydrogen) atoms. The van der Waals surface area contributed by atoms with Gasteiger partial charge in [0.2, 0.25) is 11.9 Å². The fourth-order valence-electron chi connectivity index (χ4n) is 0.743. The van der Waals surface area contributed by atoms with Crippen molar-refractivity contribution >= 4 is 27.7 Å². The van der Waals surface area contributed by atoms with Gasteiger partial charge in [0.15, 0.2) is 0 Å². The summed E-state index contributed by atoms with van der Waals surface area (Å²) in [5.74, 6) is -0.673. The van der Waals surface area contributed by atoms with Crippen molar-refractivity contribution in [1.82, 2.24) is 4.98 Å². The first kappa shape index (κ1) is 11.1. The minimum atomic E-state index is -0.693. The molecular formula is C9H10BrFN2O. The SMILES string of the molecule is CC(C)(Br)C(=O)Nc1cccc(F)n1. The first-order valence-electron chi connectivity index (χ1n) is 4.02. The van der Waals surface area contributed by atoms with Crippen LogP contribution in [0.25, 0.3) is 0 Å². The minimum absolute atomic E-state index is 0.211. The molecule has 0 saturated heterocycles. The van der Waals surface area contributed by atoms with E-state index >= 15 is 0 Å². The summed E-state index contributed by atoms with van der Waals surface area (Å²) in [5, 5.41) is 2.49. The van der Waals surface area contributed by atoms with Crippen molar-refractivity contribution in [2.45, 2.75) is 18.2 Å². The van der Waals surface area contributed by atoms with E-state index in [1.807, 2.05) is 0 Å². The van der Waals surface area contributed by atoms with Crippen LogP contribution in [0.5, 0.6) is 0 Å². The number of rotatable bonds is 2. The summed E-state index contributed by atoms with van der Waals surface area (Å²) in [6.07, 6.45) is 0. The first-order chi connectivity index (χ1) is 6.39. The van der Waals surface area contributed by atoms with E-state index < -0.39 is 10.3 Å². The first-order valence-corrected chi connectivity index (χ1v) is 4.82. The van der Waals surface area contributed by atoms with E-state index in [0.717, 1.165) is 0 Å². The van der Waals surface area contributed by atoms with Crippen LogP contribution < -0.4 is 5.32 Å². The number of carbonyl (C=O) groups is 1. The molecule has 0 saturated carbocycles. The number of pyridine rings is 1. The van der Waals surface area contributed by atoms with Gasteiger partial charge in [0.25, 0.3) is 0 Å². The number of hydrogen-bond acceptors (Lipinski definition) is 2. The monoisotopic (exact) mass is 260 g/mol. The topological polar surface area (TPSA) is 42.0 Å². The molecule has 1 N–H and O–H groups in total. The van der Waals surface area contributed by atoms with Crippen molar-refractivity contribution in [3.63, 3.8) is 0 Å². The molecule has 1 heterocycles. The second kappa shape index (κ2) is 4.04. The Morgan fingerprint density at radius 1 is 1.57 bits per heavy atom. The van der Waals surface area contributed by atoms with Gasteiger partial charge in [-0.2, -0.15) is 4.39 Å². The lowest BCUT2D eigenvalue weighted by Gasteiger charge is -2.14. The summed E-state index contributed by atoms with van der Waals surface area (Å²) in [4.78, 5) is 14.9. The van der Waals surface area contributed by atoms with Crippen LogP contribution in [0.1, 0.15) is 13.8 Å². The van der Waals surface area contributed by atoms with E-state index in [9.17, 15) is 9.18 Å². The molecule has 1 amide bonds. The Labute approximate surface area is 89.9 Å². The molecule has 0 aliphatic rings. The summed E-state index contributed by atoms with van der Waals surface area (Å²) in [6.45, 7) is 3.39. The number of nitrogens with zero attached hydrogens (tertiary/aromatic N) is 1. The lowest BCUT2D eigenvalue weighted by atomic mass is 10.2. The van der Waals surface area contributed by atoms with Gasteiger partial charge in [0.05, 0.1) is 4.32 Å². The molecule has 0 bridgehead atoms. The van der Waals surface area contributed by atoms with E-state index in [4.69, 9.17) is 0 Å². The molecule has 0 radical (unpaired) electrons. The third-order valence-corrected chi connectivity index (χ3v) is 1.86. The van der Waals surface area contributed by atoms with Crippen LogP contribution in [0, 0.1) is 5.95 Å². The van der Waals surface area contributed by atoms with Gasteiger partial charge >= 0.3 is 0 Å². The molecule has 0 aliphatic heterocycles. The van der Waals surface area contributed by atoms with Gasteiger partial charge in [0, 0.05) is 0 Å². The predicted molar refractivity (Wildman–Crippen MR) is 55.8 cm³/mol. The molecule has 5 heteroatoms. The number of aromatic nitrogens is 1. The van der Waals surface area contributed by atoms with Crippen molar-refractivity contribution in [2.75, 3.05) is 5.32 Å². The van der Waals surface area contributed by atoms with Gasteiger partial charge in [-0.3, -0.25) is 4.79 Å². The second-order valence-electron chi connectivity index (χ2n) is 3.27. The number of nitrogens with one attached hydrogen (secondary N) is 1. The Hall–Kier alpha value is -0.970. The minimum Gasteiger partial charge on any atom is -0.309 e. The van der Waals surface area contributed by atoms with Crippen LogP contribution in [0.2, 0.25) is 0 Å². The van der Waals surface area contributed by atoms with Gasteiger partial charge in [-0.1, -0.05) is 22.0 Å². The molecule has 0 fully saturated rings. The van der Waals surface area contributed by atoms with Gasteiger partial charge in [-0.05, 0) is 26.0 Å². The van der Waals surface area contributed by atoms with Crippen molar-refractivity contribution < 1.29 is 9.18 Å². The molecule has 0 spiro atoms. The van der Waals surface area contributed by atoms with Gasteiger partial charge in [0.1, 0.15) is 5.82 Å². The lowest BCUT2D eigenvalue weighted by Crippen LogP contribution is -2.31. The Bertz CT molecular complexity index is 349. The van der Waals surface area contributed by atoms with Crippen LogP contribution >= 0.6 is 15.9 Å². The smallest absolute Gasteiger partial charge is 0.241 e. The van der Waals surface area contributed by atoms with Crippen LogP contribution in [0.4, 0.5) is 10.2 Å². The van der Waals surface area contributed by atoms with Crippen LogP contribution in [0.3, 0.4) is 0 Å². The molecule has 0 aromatic carbocycles. The molecule has 0 unspecified atom stereocenters. The standard InChI is InChI=1S/C9H10BrFN2O/c1-9(2,10)8(14)13-7-5-3-4-6(11)12-7/h3-5H,1-2H3,(H,12,13,14). The zero-order valence-electron chi connectivity index (χ0n) is 7.84. The molecule has 1 rings (SSSR count). The zero-order valence-corrected chi connectivity index (χ0v) is 9.43. The largest absolute Gasteiger partial charge is 0.309 e. The highest BCUT2D eigenvalue weighted by atomic mass is 79.9. The number of amides is 1. The van der Waals surface area contributed by atoms with Crippen molar-refractivity contribution in [3.05, 3.63) is 24.1 Å². The predicted octanol–water partition coefficient (Wildman–Crippen LogP) is 2.33. The summed E-state index contributed by atoms with van der Waals surface area (Å²) in [6, 6.07) is 4.23. The Morgan fingerprint density at radius 3 is 2.71 bits per heavy atom. The number of anilines is 1. The molecule has 3 nitrogen and oxygen atoms in total. The average molecular weight is 261 g/mol. The third-order valence-electron chi connectivity index (χ3n) is 1.50. The van der Waals surface area contributed by atoms with E-state index in [2.05, 4.69) is 26.2 Å². The van der Waals surface area contributed by atoms with E-state index in [-0.39, 0.29) is 11.7 Å². The highest BCUT2D eigenvalue weighted by Crippen LogP contribution is 2.17. The van der Waals surface area contributed by atoms with Crippen molar-refractivity contribution in [1.29, 1.82) is 0 Å². The molecule has 0 aliphatic carbocycles. The average Bonchev–Trinajstić information content (AvgIpc) is 2.02. The van der Waals surface area contributed by atoms with Gasteiger partial charge in [-0.15, -0.1) is 0 Å². The summed E-state index contributed by atoms with van der Waals surface area (Å²) in [7, 11) is 0. The third kappa shape index (κ3) is 3.06. The van der Waals surface area contributed by atoms with Gasteiger partial charge in [-0.25, -0.2) is 4.98 Å². The van der Waals surface area contributed by atoms with Crippen LogP contribution in [0.15, 0.2) is 18.2 Å². The fraction of sp³-hybridized carbons (Fsp3) is 0.333. The highest BCUT2D eigenvalue weighted by Gasteiger charge is 2.23. The fourth-order valence-corrected chi connectivity index (χ4v) is 0.842. The number of halogens is 2. The number of alkyl halides is 1. The Morgan fingerprint density at radius 2 is 2.21 bits per heavy atom. The van der Waals surface area contributed by atoms with Gasteiger partial charge < -0.3 is 5.32 Å². The summed E-state index contributed by atoms with van der Waals surface area (Å²) in [5.41, 5.74) is 0. The van der Waals surface area contributed by atoms with Crippen LogP contribution in [-0.2, 0) is 4.79 Å². The van der Waals surface area contributed by atoms with Crippen molar-refractivity contribution in [2.24, 2.45) is 0 Å². The molecule has 1 aromatic heterocycles. The molecular weight excluding hydrogens is 251 g/mol. The van der Waals surface area contributed by atoms with E-state index in [1.165, 1.54) is 18.2 Å². The quantitative estimate of drug-likeness (QED) is 0.655.